The molecule has 1 atom stereocenters. The Balaban J connectivity index is 2.36. The molecule has 2 rings (SSSR count). The molecule has 0 aliphatic carbocycles. The van der Waals surface area contributed by atoms with Crippen LogP contribution in [0.3, 0.4) is 0 Å². The van der Waals surface area contributed by atoms with Gasteiger partial charge in [-0.2, -0.15) is 0 Å². The highest BCUT2D eigenvalue weighted by molar-refractivity contribution is 6.01. The zero-order chi connectivity index (χ0) is 21.9. The van der Waals surface area contributed by atoms with Crippen LogP contribution in [0.1, 0.15) is 34.1 Å². The van der Waals surface area contributed by atoms with Crippen molar-refractivity contribution in [1.82, 2.24) is 0 Å². The van der Waals surface area contributed by atoms with Crippen LogP contribution in [0.5, 0.6) is 5.75 Å². The highest BCUT2D eigenvalue weighted by Crippen LogP contribution is 2.41. The van der Waals surface area contributed by atoms with E-state index in [1.807, 2.05) is 20.8 Å². The number of hydrogen-bond donors (Lipinski definition) is 0. The fourth-order valence-electron chi connectivity index (χ4n) is 2.39. The maximum atomic E-state index is 12.2. The number of nitro benzene ring substituents is 2. The van der Waals surface area contributed by atoms with E-state index in [1.165, 1.54) is 24.3 Å². The molecule has 10 heteroatoms. The first-order valence-electron chi connectivity index (χ1n) is 8.66. The molecule has 0 N–H and O–H groups in total. The largest absolute Gasteiger partial charge is 0.462 e. The minimum atomic E-state index is -1.07. The summed E-state index contributed by atoms with van der Waals surface area (Å²) < 4.78 is 10.3. The van der Waals surface area contributed by atoms with Crippen LogP contribution in [0, 0.1) is 25.6 Å². The number of carbonyl (C=O) groups is 2. The summed E-state index contributed by atoms with van der Waals surface area (Å²) in [6.45, 7) is 7.25. The molecule has 0 spiro atoms. The topological polar surface area (TPSA) is 139 Å². The average Bonchev–Trinajstić information content (AvgIpc) is 2.60. The van der Waals surface area contributed by atoms with E-state index < -0.39 is 51.4 Å². The predicted molar refractivity (Wildman–Crippen MR) is 103 cm³/mol. The third-order valence-electron chi connectivity index (χ3n) is 4.38. The van der Waals surface area contributed by atoms with Gasteiger partial charge in [0.25, 0.3) is 5.69 Å². The standard InChI is InChI=1S/C19H20N2O8/c1-11(19(2,3)4)28-16(22)10-17(23)29-18-13-8-6-5-7-12(13)14(20(24)25)9-15(18)21(26)27/h5-9,11H,10H2,1-4H3. The molecule has 2 aromatic rings. The molecule has 10 nitrogen and oxygen atoms in total. The van der Waals surface area contributed by atoms with Crippen molar-refractivity contribution in [3.05, 3.63) is 50.6 Å². The van der Waals surface area contributed by atoms with Crippen LogP contribution in [-0.2, 0) is 14.3 Å². The Kier molecular flexibility index (Phi) is 6.15. The van der Waals surface area contributed by atoms with Gasteiger partial charge < -0.3 is 9.47 Å². The molecule has 1 unspecified atom stereocenters. The van der Waals surface area contributed by atoms with Gasteiger partial charge in [0.15, 0.2) is 0 Å². The lowest BCUT2D eigenvalue weighted by atomic mass is 9.90. The van der Waals surface area contributed by atoms with Crippen molar-refractivity contribution in [1.29, 1.82) is 0 Å². The molecule has 0 aliphatic rings. The van der Waals surface area contributed by atoms with E-state index in [0.717, 1.165) is 6.07 Å². The molecule has 0 radical (unpaired) electrons. The zero-order valence-corrected chi connectivity index (χ0v) is 16.3. The molecule has 0 saturated carbocycles. The summed E-state index contributed by atoms with van der Waals surface area (Å²) in [5.41, 5.74) is -1.59. The third-order valence-corrected chi connectivity index (χ3v) is 4.38. The Morgan fingerprint density at radius 3 is 2.07 bits per heavy atom. The lowest BCUT2D eigenvalue weighted by molar-refractivity contribution is -0.393. The average molecular weight is 404 g/mol. The van der Waals surface area contributed by atoms with Gasteiger partial charge in [-0.25, -0.2) is 0 Å². The summed E-state index contributed by atoms with van der Waals surface area (Å²) in [6.07, 6.45) is -1.24. The highest BCUT2D eigenvalue weighted by Gasteiger charge is 2.30. The van der Waals surface area contributed by atoms with Crippen LogP contribution < -0.4 is 4.74 Å². The zero-order valence-electron chi connectivity index (χ0n) is 16.3. The normalized spacial score (nSPS) is 12.3. The van der Waals surface area contributed by atoms with E-state index >= 15 is 0 Å². The number of esters is 2. The fourth-order valence-corrected chi connectivity index (χ4v) is 2.39. The van der Waals surface area contributed by atoms with E-state index in [0.29, 0.717) is 0 Å². The van der Waals surface area contributed by atoms with Crippen molar-refractivity contribution < 1.29 is 28.9 Å². The van der Waals surface area contributed by atoms with Crippen LogP contribution in [0.2, 0.25) is 0 Å². The number of fused-ring (bicyclic) bond motifs is 1. The summed E-state index contributed by atoms with van der Waals surface area (Å²) in [5.74, 6) is -2.37. The minimum Gasteiger partial charge on any atom is -0.462 e. The van der Waals surface area contributed by atoms with Crippen molar-refractivity contribution in [2.75, 3.05) is 0 Å². The van der Waals surface area contributed by atoms with E-state index in [2.05, 4.69) is 0 Å². The second kappa shape index (κ2) is 8.21. The second-order valence-electron chi connectivity index (χ2n) is 7.45. The van der Waals surface area contributed by atoms with Crippen LogP contribution in [0.25, 0.3) is 10.8 Å². The number of ether oxygens (including phenoxy) is 2. The Morgan fingerprint density at radius 2 is 1.55 bits per heavy atom. The summed E-state index contributed by atoms with van der Waals surface area (Å²) >= 11 is 0. The summed E-state index contributed by atoms with van der Waals surface area (Å²) in [4.78, 5) is 45.2. The lowest BCUT2D eigenvalue weighted by Gasteiger charge is -2.26. The fraction of sp³-hybridized carbons (Fsp3) is 0.368. The van der Waals surface area contributed by atoms with Gasteiger partial charge in [-0.05, 0) is 18.4 Å². The first-order valence-corrected chi connectivity index (χ1v) is 8.66. The molecule has 0 aliphatic heterocycles. The van der Waals surface area contributed by atoms with Crippen molar-refractivity contribution in [2.24, 2.45) is 5.41 Å². The van der Waals surface area contributed by atoms with Gasteiger partial charge in [0, 0.05) is 5.39 Å². The number of rotatable bonds is 6. The van der Waals surface area contributed by atoms with Crippen molar-refractivity contribution in [3.8, 4) is 5.75 Å². The van der Waals surface area contributed by atoms with Gasteiger partial charge in [-0.3, -0.25) is 29.8 Å². The van der Waals surface area contributed by atoms with Crippen LogP contribution in [0.4, 0.5) is 11.4 Å². The Hall–Kier alpha value is -3.56. The smallest absolute Gasteiger partial charge is 0.322 e. The first-order chi connectivity index (χ1) is 13.4. The Labute approximate surface area is 165 Å². The molecule has 154 valence electrons. The number of benzene rings is 2. The van der Waals surface area contributed by atoms with Gasteiger partial charge in [-0.15, -0.1) is 0 Å². The van der Waals surface area contributed by atoms with E-state index in [1.54, 1.807) is 6.92 Å². The minimum absolute atomic E-state index is 0.0122. The third kappa shape index (κ3) is 5.03. The predicted octanol–water partition coefficient (Wildman–Crippen LogP) is 3.93. The van der Waals surface area contributed by atoms with E-state index in [-0.39, 0.29) is 16.2 Å². The number of non-ortho nitro benzene ring substituents is 1. The van der Waals surface area contributed by atoms with Gasteiger partial charge in [0.1, 0.15) is 12.5 Å². The van der Waals surface area contributed by atoms with Crippen molar-refractivity contribution >= 4 is 34.1 Å². The van der Waals surface area contributed by atoms with Crippen LogP contribution >= 0.6 is 0 Å². The summed E-state index contributed by atoms with van der Waals surface area (Å²) in [5, 5.41) is 22.7. The van der Waals surface area contributed by atoms with Gasteiger partial charge in [-0.1, -0.05) is 39.0 Å². The summed E-state index contributed by atoms with van der Waals surface area (Å²) in [7, 11) is 0. The van der Waals surface area contributed by atoms with Crippen molar-refractivity contribution in [3.63, 3.8) is 0 Å². The monoisotopic (exact) mass is 404 g/mol. The molecule has 0 bridgehead atoms. The molecular weight excluding hydrogens is 384 g/mol. The van der Waals surface area contributed by atoms with Crippen molar-refractivity contribution in [2.45, 2.75) is 40.2 Å². The molecule has 0 saturated heterocycles. The van der Waals surface area contributed by atoms with Crippen LogP contribution in [0.15, 0.2) is 30.3 Å². The summed E-state index contributed by atoms with van der Waals surface area (Å²) in [6, 6.07) is 6.47. The Bertz CT molecular complexity index is 994. The maximum absolute atomic E-state index is 12.2. The van der Waals surface area contributed by atoms with E-state index in [4.69, 9.17) is 9.47 Å². The molecular formula is C19H20N2O8. The number of hydrogen-bond acceptors (Lipinski definition) is 8. The van der Waals surface area contributed by atoms with Gasteiger partial charge in [0.05, 0.1) is 21.3 Å². The number of nitro groups is 2. The van der Waals surface area contributed by atoms with Gasteiger partial charge in [0.2, 0.25) is 5.75 Å². The molecule has 0 heterocycles. The number of carbonyl (C=O) groups excluding carboxylic acids is 2. The lowest BCUT2D eigenvalue weighted by Crippen LogP contribution is -2.30. The highest BCUT2D eigenvalue weighted by atomic mass is 16.6. The quantitative estimate of drug-likeness (QED) is 0.232. The first kappa shape index (κ1) is 21.7. The maximum Gasteiger partial charge on any atom is 0.322 e. The molecule has 29 heavy (non-hydrogen) atoms. The molecule has 0 amide bonds. The number of nitrogens with zero attached hydrogens (tertiary/aromatic N) is 2. The molecule has 2 aromatic carbocycles. The Morgan fingerprint density at radius 1 is 1.00 bits per heavy atom. The molecule has 0 aromatic heterocycles. The van der Waals surface area contributed by atoms with Crippen LogP contribution in [-0.4, -0.2) is 27.9 Å². The van der Waals surface area contributed by atoms with Gasteiger partial charge >= 0.3 is 17.6 Å². The van der Waals surface area contributed by atoms with E-state index in [9.17, 15) is 29.8 Å². The molecule has 0 fully saturated rings. The second-order valence-corrected chi connectivity index (χ2v) is 7.45. The SMILES string of the molecule is CC(OC(=O)CC(=O)Oc1c([N+](=O)[O-])cc([N+](=O)[O-])c2ccccc12)C(C)(C)C.